The fraction of sp³-hybridized carbons (Fsp3) is 0. The van der Waals surface area contributed by atoms with Crippen LogP contribution in [-0.2, 0) is 0 Å². The van der Waals surface area contributed by atoms with Crippen LogP contribution >= 0.6 is 39.3 Å². The van der Waals surface area contributed by atoms with E-state index in [4.69, 9.17) is 16.7 Å². The lowest BCUT2D eigenvalue weighted by molar-refractivity contribution is 0.0696. The quantitative estimate of drug-likeness (QED) is 0.918. The van der Waals surface area contributed by atoms with Crippen LogP contribution in [0.1, 0.15) is 10.4 Å². The van der Waals surface area contributed by atoms with E-state index in [1.165, 1.54) is 24.0 Å². The third-order valence-corrected chi connectivity index (χ3v) is 4.42. The standard InChI is InChI=1S/C11H6BrClN2O2S/c12-7-2-1-4-14-9(7)18-10-8(13)6(11(16)17)3-5-15-10/h1-5H,(H,16,17). The maximum Gasteiger partial charge on any atom is 0.337 e. The van der Waals surface area contributed by atoms with Crippen molar-refractivity contribution >= 4 is 45.3 Å². The third-order valence-electron chi connectivity index (χ3n) is 2.01. The topological polar surface area (TPSA) is 63.1 Å². The molecule has 0 amide bonds. The number of carbonyl (C=O) groups is 1. The lowest BCUT2D eigenvalue weighted by Gasteiger charge is -2.05. The van der Waals surface area contributed by atoms with Crippen LogP contribution in [0.2, 0.25) is 5.02 Å². The number of pyridine rings is 2. The first kappa shape index (κ1) is 13.3. The first-order chi connectivity index (χ1) is 8.59. The number of aromatic nitrogens is 2. The van der Waals surface area contributed by atoms with E-state index in [2.05, 4.69) is 25.9 Å². The Morgan fingerprint density at radius 1 is 1.28 bits per heavy atom. The highest BCUT2D eigenvalue weighted by atomic mass is 79.9. The van der Waals surface area contributed by atoms with Gasteiger partial charge < -0.3 is 5.11 Å². The Bertz CT molecular complexity index is 609. The van der Waals surface area contributed by atoms with Crippen molar-refractivity contribution in [3.63, 3.8) is 0 Å². The average molecular weight is 346 g/mol. The molecular formula is C11H6BrClN2O2S. The second-order valence-corrected chi connectivity index (χ2v) is 5.39. The van der Waals surface area contributed by atoms with Crippen molar-refractivity contribution in [2.45, 2.75) is 10.1 Å². The molecule has 18 heavy (non-hydrogen) atoms. The van der Waals surface area contributed by atoms with Gasteiger partial charge in [0.05, 0.1) is 15.1 Å². The van der Waals surface area contributed by atoms with Crippen molar-refractivity contribution in [1.82, 2.24) is 9.97 Å². The number of hydrogen-bond acceptors (Lipinski definition) is 4. The number of hydrogen-bond donors (Lipinski definition) is 1. The summed E-state index contributed by atoms with van der Waals surface area (Å²) in [6, 6.07) is 4.99. The number of carboxylic acid groups (broad SMARTS) is 1. The number of nitrogens with zero attached hydrogens (tertiary/aromatic N) is 2. The van der Waals surface area contributed by atoms with Crippen LogP contribution in [-0.4, -0.2) is 21.0 Å². The van der Waals surface area contributed by atoms with E-state index >= 15 is 0 Å². The van der Waals surface area contributed by atoms with Crippen LogP contribution in [0.4, 0.5) is 0 Å². The number of carboxylic acids is 1. The molecule has 0 saturated carbocycles. The van der Waals surface area contributed by atoms with Gasteiger partial charge in [-0.2, -0.15) is 0 Å². The SMILES string of the molecule is O=C(O)c1ccnc(Sc2ncccc2Br)c1Cl. The molecule has 2 aromatic rings. The summed E-state index contributed by atoms with van der Waals surface area (Å²) in [5, 5.41) is 10.2. The fourth-order valence-electron chi connectivity index (χ4n) is 1.20. The van der Waals surface area contributed by atoms with Gasteiger partial charge in [0, 0.05) is 12.4 Å². The van der Waals surface area contributed by atoms with E-state index < -0.39 is 5.97 Å². The molecule has 2 aromatic heterocycles. The second kappa shape index (κ2) is 5.69. The minimum atomic E-state index is -1.08. The maximum atomic E-state index is 10.9. The Balaban J connectivity index is 2.39. The van der Waals surface area contributed by atoms with E-state index in [1.807, 2.05) is 6.07 Å². The molecule has 92 valence electrons. The molecule has 0 aliphatic heterocycles. The lowest BCUT2D eigenvalue weighted by Crippen LogP contribution is -1.99. The minimum Gasteiger partial charge on any atom is -0.478 e. The van der Waals surface area contributed by atoms with Crippen molar-refractivity contribution in [2.24, 2.45) is 0 Å². The largest absolute Gasteiger partial charge is 0.478 e. The fourth-order valence-corrected chi connectivity index (χ4v) is 2.78. The van der Waals surface area contributed by atoms with Crippen LogP contribution in [0.5, 0.6) is 0 Å². The van der Waals surface area contributed by atoms with E-state index in [0.717, 1.165) is 4.47 Å². The zero-order valence-electron chi connectivity index (χ0n) is 8.80. The monoisotopic (exact) mass is 344 g/mol. The molecule has 0 bridgehead atoms. The summed E-state index contributed by atoms with van der Waals surface area (Å²) < 4.78 is 0.800. The van der Waals surface area contributed by atoms with Crippen molar-refractivity contribution < 1.29 is 9.90 Å². The van der Waals surface area contributed by atoms with Gasteiger partial charge in [0.1, 0.15) is 10.1 Å². The molecule has 0 atom stereocenters. The molecule has 0 unspecified atom stereocenters. The van der Waals surface area contributed by atoms with E-state index in [9.17, 15) is 4.79 Å². The zero-order chi connectivity index (χ0) is 13.1. The van der Waals surface area contributed by atoms with Crippen molar-refractivity contribution in [1.29, 1.82) is 0 Å². The van der Waals surface area contributed by atoms with Gasteiger partial charge in [-0.05, 0) is 45.9 Å². The predicted molar refractivity (Wildman–Crippen MR) is 72.3 cm³/mol. The normalized spacial score (nSPS) is 10.3. The van der Waals surface area contributed by atoms with Crippen molar-refractivity contribution in [3.05, 3.63) is 45.7 Å². The molecule has 2 heterocycles. The third kappa shape index (κ3) is 2.82. The Morgan fingerprint density at radius 3 is 2.67 bits per heavy atom. The van der Waals surface area contributed by atoms with Gasteiger partial charge in [0.15, 0.2) is 0 Å². The van der Waals surface area contributed by atoms with Crippen LogP contribution in [0.15, 0.2) is 45.1 Å². The lowest BCUT2D eigenvalue weighted by atomic mass is 10.3. The van der Waals surface area contributed by atoms with Gasteiger partial charge in [0.25, 0.3) is 0 Å². The Labute approximate surface area is 121 Å². The summed E-state index contributed by atoms with van der Waals surface area (Å²) in [4.78, 5) is 19.2. The zero-order valence-corrected chi connectivity index (χ0v) is 12.0. The number of halogens is 2. The van der Waals surface area contributed by atoms with Gasteiger partial charge in [-0.25, -0.2) is 14.8 Å². The molecule has 0 radical (unpaired) electrons. The van der Waals surface area contributed by atoms with Gasteiger partial charge in [0.2, 0.25) is 0 Å². The summed E-state index contributed by atoms with van der Waals surface area (Å²) in [6.45, 7) is 0. The summed E-state index contributed by atoms with van der Waals surface area (Å²) in [5.74, 6) is -1.08. The average Bonchev–Trinajstić information content (AvgIpc) is 2.34. The number of aromatic carboxylic acids is 1. The Morgan fingerprint density at radius 2 is 2.00 bits per heavy atom. The van der Waals surface area contributed by atoms with Crippen LogP contribution in [0, 0.1) is 0 Å². The molecule has 7 heteroatoms. The van der Waals surface area contributed by atoms with Crippen LogP contribution < -0.4 is 0 Å². The molecule has 0 fully saturated rings. The molecule has 0 spiro atoms. The summed E-state index contributed by atoms with van der Waals surface area (Å²) in [5.41, 5.74) is 0.0289. The summed E-state index contributed by atoms with van der Waals surface area (Å²) >= 11 is 10.6. The Hall–Kier alpha value is -1.11. The van der Waals surface area contributed by atoms with Crippen molar-refractivity contribution in [3.8, 4) is 0 Å². The maximum absolute atomic E-state index is 10.9. The molecule has 0 aliphatic rings. The summed E-state index contributed by atoms with van der Waals surface area (Å²) in [6.07, 6.45) is 3.05. The highest BCUT2D eigenvalue weighted by Gasteiger charge is 2.15. The molecule has 0 saturated heterocycles. The van der Waals surface area contributed by atoms with E-state index in [-0.39, 0.29) is 10.6 Å². The highest BCUT2D eigenvalue weighted by Crippen LogP contribution is 2.35. The molecule has 0 aromatic carbocycles. The first-order valence-corrected chi connectivity index (χ1v) is 6.74. The predicted octanol–water partition coefficient (Wildman–Crippen LogP) is 3.74. The van der Waals surface area contributed by atoms with Gasteiger partial charge >= 0.3 is 5.97 Å². The van der Waals surface area contributed by atoms with Crippen LogP contribution in [0.3, 0.4) is 0 Å². The van der Waals surface area contributed by atoms with E-state index in [0.29, 0.717) is 10.1 Å². The molecule has 0 aliphatic carbocycles. The molecular weight excluding hydrogens is 340 g/mol. The molecule has 1 N–H and O–H groups in total. The van der Waals surface area contributed by atoms with E-state index in [1.54, 1.807) is 12.3 Å². The summed E-state index contributed by atoms with van der Waals surface area (Å²) in [7, 11) is 0. The van der Waals surface area contributed by atoms with Gasteiger partial charge in [-0.15, -0.1) is 0 Å². The Kier molecular flexibility index (Phi) is 4.21. The second-order valence-electron chi connectivity index (χ2n) is 3.18. The highest BCUT2D eigenvalue weighted by molar-refractivity contribution is 9.10. The van der Waals surface area contributed by atoms with Gasteiger partial charge in [-0.3, -0.25) is 0 Å². The van der Waals surface area contributed by atoms with Crippen molar-refractivity contribution in [2.75, 3.05) is 0 Å². The molecule has 4 nitrogen and oxygen atoms in total. The number of rotatable bonds is 3. The first-order valence-electron chi connectivity index (χ1n) is 4.75. The van der Waals surface area contributed by atoms with Crippen LogP contribution in [0.25, 0.3) is 0 Å². The molecule has 2 rings (SSSR count). The smallest absolute Gasteiger partial charge is 0.337 e. The minimum absolute atomic E-state index is 0.0289. The van der Waals surface area contributed by atoms with Gasteiger partial charge in [-0.1, -0.05) is 11.6 Å².